The van der Waals surface area contributed by atoms with Gasteiger partial charge in [-0.2, -0.15) is 0 Å². The van der Waals surface area contributed by atoms with E-state index in [9.17, 15) is 9.59 Å². The van der Waals surface area contributed by atoms with E-state index in [1.807, 2.05) is 24.3 Å². The van der Waals surface area contributed by atoms with Gasteiger partial charge in [-0.15, -0.1) is 0 Å². The van der Waals surface area contributed by atoms with Gasteiger partial charge in [0.2, 0.25) is 0 Å². The topological polar surface area (TPSA) is 59.1 Å². The largest absolute Gasteiger partial charge is 0.489 e. The molecule has 0 spiro atoms. The fraction of sp³-hybridized carbons (Fsp3) is 0.417. The minimum absolute atomic E-state index is 0.260. The Bertz CT molecular complexity index is 760. The summed E-state index contributed by atoms with van der Waals surface area (Å²) in [4.78, 5) is 27.1. The molecule has 2 aromatic rings. The van der Waals surface area contributed by atoms with Gasteiger partial charge in [0.05, 0.1) is 11.1 Å². The molecule has 0 unspecified atom stereocenters. The maximum atomic E-state index is 11.4. The molecule has 6 heteroatoms. The van der Waals surface area contributed by atoms with Crippen molar-refractivity contribution in [1.29, 1.82) is 0 Å². The molecule has 0 saturated heterocycles. The Labute approximate surface area is 179 Å². The highest BCUT2D eigenvalue weighted by atomic mass is 16.5. The molecule has 30 heavy (non-hydrogen) atoms. The Hall–Kier alpha value is -3.02. The highest BCUT2D eigenvalue weighted by Gasteiger charge is 2.11. The monoisotopic (exact) mass is 412 g/mol. The van der Waals surface area contributed by atoms with E-state index in [1.165, 1.54) is 0 Å². The first kappa shape index (κ1) is 23.3. The summed E-state index contributed by atoms with van der Waals surface area (Å²) in [5, 5.41) is 0. The van der Waals surface area contributed by atoms with Crippen molar-refractivity contribution in [1.82, 2.24) is 0 Å². The van der Waals surface area contributed by atoms with Crippen LogP contribution in [0.25, 0.3) is 0 Å². The van der Waals surface area contributed by atoms with Crippen LogP contribution in [0.5, 0.6) is 11.5 Å². The van der Waals surface area contributed by atoms with Crippen molar-refractivity contribution in [2.45, 2.75) is 27.7 Å². The third-order valence-electron chi connectivity index (χ3n) is 5.10. The molecule has 162 valence electrons. The summed E-state index contributed by atoms with van der Waals surface area (Å²) in [6.45, 7) is 12.4. The zero-order valence-corrected chi connectivity index (χ0v) is 18.4. The van der Waals surface area contributed by atoms with Gasteiger partial charge in [-0.05, 0) is 52.0 Å². The van der Waals surface area contributed by atoms with Crippen LogP contribution in [0.1, 0.15) is 48.4 Å². The van der Waals surface area contributed by atoms with Crippen LogP contribution >= 0.6 is 0 Å². The van der Waals surface area contributed by atoms with Gasteiger partial charge in [0.1, 0.15) is 24.7 Å². The van der Waals surface area contributed by atoms with E-state index in [0.29, 0.717) is 22.6 Å². The van der Waals surface area contributed by atoms with Gasteiger partial charge in [0.15, 0.2) is 12.6 Å². The number of anilines is 2. The van der Waals surface area contributed by atoms with Crippen molar-refractivity contribution >= 4 is 23.9 Å². The van der Waals surface area contributed by atoms with Crippen LogP contribution < -0.4 is 19.3 Å². The van der Waals surface area contributed by atoms with Gasteiger partial charge in [-0.1, -0.05) is 0 Å². The quantitative estimate of drug-likeness (QED) is 0.358. The fourth-order valence-electron chi connectivity index (χ4n) is 3.36. The predicted molar refractivity (Wildman–Crippen MR) is 122 cm³/mol. The van der Waals surface area contributed by atoms with E-state index in [4.69, 9.17) is 9.47 Å². The van der Waals surface area contributed by atoms with Crippen LogP contribution in [-0.4, -0.2) is 52.0 Å². The minimum Gasteiger partial charge on any atom is -0.489 e. The number of benzene rings is 2. The van der Waals surface area contributed by atoms with Crippen molar-refractivity contribution in [3.8, 4) is 11.5 Å². The third kappa shape index (κ3) is 5.75. The van der Waals surface area contributed by atoms with E-state index in [1.54, 1.807) is 12.1 Å². The molecule has 0 aliphatic carbocycles. The summed E-state index contributed by atoms with van der Waals surface area (Å²) in [6, 6.07) is 11.2. The summed E-state index contributed by atoms with van der Waals surface area (Å²) >= 11 is 0. The molecule has 0 N–H and O–H groups in total. The summed E-state index contributed by atoms with van der Waals surface area (Å²) < 4.78 is 11.7. The molecule has 0 aliphatic rings. The van der Waals surface area contributed by atoms with Crippen LogP contribution in [0, 0.1) is 0 Å². The van der Waals surface area contributed by atoms with E-state index < -0.39 is 0 Å². The first-order valence-electron chi connectivity index (χ1n) is 10.6. The van der Waals surface area contributed by atoms with E-state index in [0.717, 1.165) is 50.1 Å². The molecule has 2 rings (SSSR count). The van der Waals surface area contributed by atoms with Crippen molar-refractivity contribution in [2.75, 3.05) is 49.2 Å². The number of carbonyl (C=O) groups is 2. The molecule has 0 fully saturated rings. The molecular weight excluding hydrogens is 380 g/mol. The average Bonchev–Trinajstić information content (AvgIpc) is 2.78. The van der Waals surface area contributed by atoms with Crippen molar-refractivity contribution in [3.63, 3.8) is 0 Å². The molecule has 0 atom stereocenters. The molecule has 0 aromatic heterocycles. The Morgan fingerprint density at radius 1 is 0.667 bits per heavy atom. The SMILES string of the molecule is CCN(CC)c1ccc(C=O)c(OCCOc2cc(N(CC)CC)ccc2C=O)c1. The van der Waals surface area contributed by atoms with Crippen molar-refractivity contribution in [2.24, 2.45) is 0 Å². The Kier molecular flexibility index (Phi) is 9.19. The van der Waals surface area contributed by atoms with Crippen LogP contribution in [0.4, 0.5) is 11.4 Å². The number of hydrogen-bond donors (Lipinski definition) is 0. The smallest absolute Gasteiger partial charge is 0.153 e. The second-order valence-electron chi connectivity index (χ2n) is 6.72. The molecule has 0 heterocycles. The van der Waals surface area contributed by atoms with Crippen LogP contribution in [0.15, 0.2) is 36.4 Å². The number of hydrogen-bond acceptors (Lipinski definition) is 6. The van der Waals surface area contributed by atoms with Gasteiger partial charge in [-0.3, -0.25) is 9.59 Å². The molecule has 2 aromatic carbocycles. The summed E-state index contributed by atoms with van der Waals surface area (Å²) in [5.74, 6) is 1.07. The van der Waals surface area contributed by atoms with Gasteiger partial charge in [0, 0.05) is 49.7 Å². The highest BCUT2D eigenvalue weighted by Crippen LogP contribution is 2.26. The van der Waals surface area contributed by atoms with Crippen molar-refractivity contribution in [3.05, 3.63) is 47.5 Å². The minimum atomic E-state index is 0.260. The maximum absolute atomic E-state index is 11.4. The lowest BCUT2D eigenvalue weighted by molar-refractivity contribution is 0.110. The number of nitrogens with zero attached hydrogens (tertiary/aromatic N) is 2. The van der Waals surface area contributed by atoms with E-state index in [-0.39, 0.29) is 13.2 Å². The third-order valence-corrected chi connectivity index (χ3v) is 5.10. The molecule has 0 aliphatic heterocycles. The summed E-state index contributed by atoms with van der Waals surface area (Å²) in [7, 11) is 0. The molecule has 0 bridgehead atoms. The highest BCUT2D eigenvalue weighted by molar-refractivity contribution is 5.81. The van der Waals surface area contributed by atoms with E-state index >= 15 is 0 Å². The normalized spacial score (nSPS) is 10.4. The lowest BCUT2D eigenvalue weighted by atomic mass is 10.2. The molecule has 0 radical (unpaired) electrons. The number of aldehydes is 2. The summed E-state index contributed by atoms with van der Waals surface area (Å²) in [6.07, 6.45) is 1.58. The fourth-order valence-corrected chi connectivity index (χ4v) is 3.36. The zero-order valence-electron chi connectivity index (χ0n) is 18.4. The van der Waals surface area contributed by atoms with Crippen LogP contribution in [-0.2, 0) is 0 Å². The van der Waals surface area contributed by atoms with E-state index in [2.05, 4.69) is 37.5 Å². The average molecular weight is 413 g/mol. The first-order chi connectivity index (χ1) is 14.6. The second kappa shape index (κ2) is 11.9. The Morgan fingerprint density at radius 2 is 1.03 bits per heavy atom. The molecule has 0 amide bonds. The van der Waals surface area contributed by atoms with Gasteiger partial charge < -0.3 is 19.3 Å². The zero-order chi connectivity index (χ0) is 21.9. The van der Waals surface area contributed by atoms with Gasteiger partial charge in [-0.25, -0.2) is 0 Å². The number of carbonyl (C=O) groups excluding carboxylic acids is 2. The number of rotatable bonds is 13. The molecule has 6 nitrogen and oxygen atoms in total. The lowest BCUT2D eigenvalue weighted by Gasteiger charge is -2.22. The molecule has 0 saturated carbocycles. The molecular formula is C24H32N2O4. The van der Waals surface area contributed by atoms with Gasteiger partial charge in [0.25, 0.3) is 0 Å². The Morgan fingerprint density at radius 3 is 1.33 bits per heavy atom. The standard InChI is InChI=1S/C24H32N2O4/c1-5-25(6-2)21-11-9-19(17-27)23(15-21)29-13-14-30-24-16-22(26(7-3)8-4)12-10-20(24)18-28/h9-12,15-18H,5-8,13-14H2,1-4H3. The lowest BCUT2D eigenvalue weighted by Crippen LogP contribution is -2.22. The van der Waals surface area contributed by atoms with Crippen LogP contribution in [0.3, 0.4) is 0 Å². The predicted octanol–water partition coefficient (Wildman–Crippen LogP) is 4.46. The van der Waals surface area contributed by atoms with Crippen LogP contribution in [0.2, 0.25) is 0 Å². The summed E-state index contributed by atoms with van der Waals surface area (Å²) in [5.41, 5.74) is 3.03. The first-order valence-corrected chi connectivity index (χ1v) is 10.6. The Balaban J connectivity index is 2.07. The van der Waals surface area contributed by atoms with Gasteiger partial charge >= 0.3 is 0 Å². The maximum Gasteiger partial charge on any atom is 0.153 e. The number of ether oxygens (including phenoxy) is 2. The second-order valence-corrected chi connectivity index (χ2v) is 6.72. The van der Waals surface area contributed by atoms with Crippen molar-refractivity contribution < 1.29 is 19.1 Å².